The number of fused-ring (bicyclic) bond motifs is 3. The Morgan fingerprint density at radius 3 is 2.83 bits per heavy atom. The van der Waals surface area contributed by atoms with Crippen LogP contribution in [0.2, 0.25) is 0 Å². The summed E-state index contributed by atoms with van der Waals surface area (Å²) in [7, 11) is 0. The van der Waals surface area contributed by atoms with Crippen LogP contribution in [0, 0.1) is 11.8 Å². The lowest BCUT2D eigenvalue weighted by atomic mass is 9.97. The maximum absolute atomic E-state index is 9.80. The lowest BCUT2D eigenvalue weighted by Crippen LogP contribution is -2.23. The van der Waals surface area contributed by atoms with E-state index in [-0.39, 0.29) is 6.10 Å². The Morgan fingerprint density at radius 1 is 1.11 bits per heavy atom. The smallest absolute Gasteiger partial charge is 0.120 e. The molecule has 96 valence electrons. The predicted molar refractivity (Wildman–Crippen MR) is 69.6 cm³/mol. The van der Waals surface area contributed by atoms with Gasteiger partial charge in [-0.05, 0) is 73.6 Å². The Balaban J connectivity index is 1.52. The van der Waals surface area contributed by atoms with Crippen molar-refractivity contribution in [3.05, 3.63) is 29.3 Å². The van der Waals surface area contributed by atoms with Gasteiger partial charge in [0.05, 0.1) is 6.10 Å². The molecule has 1 aromatic carbocycles. The van der Waals surface area contributed by atoms with E-state index in [1.54, 1.807) is 0 Å². The highest BCUT2D eigenvalue weighted by Crippen LogP contribution is 2.46. The third-order valence-corrected chi connectivity index (χ3v) is 5.12. The van der Waals surface area contributed by atoms with Gasteiger partial charge < -0.3 is 9.84 Å². The molecule has 4 atom stereocenters. The van der Waals surface area contributed by atoms with Crippen molar-refractivity contribution in [3.8, 4) is 5.75 Å². The molecule has 1 aromatic rings. The van der Waals surface area contributed by atoms with Crippen LogP contribution in [-0.2, 0) is 6.42 Å². The number of aliphatic hydroxyl groups is 1. The fourth-order valence-electron chi connectivity index (χ4n) is 4.15. The number of aliphatic hydroxyl groups excluding tert-OH is 1. The van der Waals surface area contributed by atoms with E-state index in [0.29, 0.717) is 6.10 Å². The minimum Gasteiger partial charge on any atom is -0.490 e. The van der Waals surface area contributed by atoms with Crippen LogP contribution >= 0.6 is 0 Å². The molecule has 0 aliphatic heterocycles. The molecule has 2 saturated carbocycles. The van der Waals surface area contributed by atoms with E-state index in [0.717, 1.165) is 36.0 Å². The van der Waals surface area contributed by atoms with Crippen molar-refractivity contribution in [2.24, 2.45) is 11.8 Å². The second-order valence-corrected chi connectivity index (χ2v) is 6.25. The van der Waals surface area contributed by atoms with E-state index >= 15 is 0 Å². The van der Waals surface area contributed by atoms with Gasteiger partial charge in [-0.15, -0.1) is 0 Å². The number of rotatable bonds is 2. The van der Waals surface area contributed by atoms with Crippen molar-refractivity contribution in [1.29, 1.82) is 0 Å². The SMILES string of the molecule is O[C@H]1CCc2cc(OC3CC4CCC3C4)ccc21. The van der Waals surface area contributed by atoms with Gasteiger partial charge in [0.25, 0.3) is 0 Å². The molecule has 0 heterocycles. The van der Waals surface area contributed by atoms with Gasteiger partial charge in [-0.1, -0.05) is 6.07 Å². The minimum absolute atomic E-state index is 0.253. The Bertz CT molecular complexity index is 468. The lowest BCUT2D eigenvalue weighted by Gasteiger charge is -2.23. The summed E-state index contributed by atoms with van der Waals surface area (Å²) in [5.74, 6) is 2.74. The monoisotopic (exact) mass is 244 g/mol. The summed E-state index contributed by atoms with van der Waals surface area (Å²) in [6.07, 6.45) is 7.47. The predicted octanol–water partition coefficient (Wildman–Crippen LogP) is 3.23. The molecule has 18 heavy (non-hydrogen) atoms. The van der Waals surface area contributed by atoms with Gasteiger partial charge in [-0.25, -0.2) is 0 Å². The maximum atomic E-state index is 9.80. The fraction of sp³-hybridized carbons (Fsp3) is 0.625. The Morgan fingerprint density at radius 2 is 2.06 bits per heavy atom. The van der Waals surface area contributed by atoms with Gasteiger partial charge in [-0.2, -0.15) is 0 Å². The molecule has 0 aromatic heterocycles. The Kier molecular flexibility index (Phi) is 2.41. The Hall–Kier alpha value is -1.02. The zero-order valence-electron chi connectivity index (χ0n) is 10.6. The molecule has 2 heteroatoms. The van der Waals surface area contributed by atoms with Crippen molar-refractivity contribution >= 4 is 0 Å². The van der Waals surface area contributed by atoms with Crippen molar-refractivity contribution in [2.75, 3.05) is 0 Å². The normalized spacial score (nSPS) is 36.9. The molecule has 1 N–H and O–H groups in total. The Labute approximate surface area is 108 Å². The van der Waals surface area contributed by atoms with E-state index in [9.17, 15) is 5.11 Å². The summed E-state index contributed by atoms with van der Waals surface area (Å²) in [6.45, 7) is 0. The third kappa shape index (κ3) is 1.66. The molecule has 3 aliphatic carbocycles. The van der Waals surface area contributed by atoms with Crippen molar-refractivity contribution in [1.82, 2.24) is 0 Å². The first-order valence-corrected chi connectivity index (χ1v) is 7.27. The molecule has 2 nitrogen and oxygen atoms in total. The summed E-state index contributed by atoms with van der Waals surface area (Å²) in [6, 6.07) is 6.24. The molecule has 0 radical (unpaired) electrons. The van der Waals surface area contributed by atoms with Crippen molar-refractivity contribution in [2.45, 2.75) is 50.7 Å². The number of hydrogen-bond acceptors (Lipinski definition) is 2. The van der Waals surface area contributed by atoms with E-state index in [1.165, 1.54) is 31.2 Å². The average molecular weight is 244 g/mol. The average Bonchev–Trinajstić information content (AvgIpc) is 3.06. The quantitative estimate of drug-likeness (QED) is 0.865. The molecular formula is C16H20O2. The molecular weight excluding hydrogens is 224 g/mol. The fourth-order valence-corrected chi connectivity index (χ4v) is 4.15. The molecule has 2 bridgehead atoms. The molecule has 4 rings (SSSR count). The van der Waals surface area contributed by atoms with Crippen LogP contribution < -0.4 is 4.74 Å². The van der Waals surface area contributed by atoms with E-state index in [4.69, 9.17) is 4.74 Å². The zero-order valence-corrected chi connectivity index (χ0v) is 10.6. The van der Waals surface area contributed by atoms with Crippen LogP contribution in [0.4, 0.5) is 0 Å². The van der Waals surface area contributed by atoms with Gasteiger partial charge in [0, 0.05) is 0 Å². The summed E-state index contributed by atoms with van der Waals surface area (Å²) < 4.78 is 6.19. The van der Waals surface area contributed by atoms with Gasteiger partial charge in [-0.3, -0.25) is 0 Å². The molecule has 3 aliphatic rings. The maximum Gasteiger partial charge on any atom is 0.120 e. The molecule has 0 amide bonds. The minimum atomic E-state index is -0.253. The number of ether oxygens (including phenoxy) is 1. The highest BCUT2D eigenvalue weighted by molar-refractivity contribution is 5.40. The molecule has 3 unspecified atom stereocenters. The molecule has 0 saturated heterocycles. The van der Waals surface area contributed by atoms with E-state index in [1.807, 2.05) is 6.07 Å². The summed E-state index contributed by atoms with van der Waals surface area (Å²) >= 11 is 0. The molecule has 0 spiro atoms. The van der Waals surface area contributed by atoms with E-state index in [2.05, 4.69) is 12.1 Å². The summed E-state index contributed by atoms with van der Waals surface area (Å²) in [5.41, 5.74) is 2.39. The first-order chi connectivity index (χ1) is 8.79. The standard InChI is InChI=1S/C16H20O2/c17-15-6-3-11-9-13(4-5-14(11)15)18-16-8-10-1-2-12(16)7-10/h4-5,9-10,12,15-17H,1-3,6-8H2/t10?,12?,15-,16?/m0/s1. The van der Waals surface area contributed by atoms with Crippen LogP contribution in [0.25, 0.3) is 0 Å². The summed E-state index contributed by atoms with van der Waals surface area (Å²) in [4.78, 5) is 0. The van der Waals surface area contributed by atoms with Gasteiger partial charge in [0.15, 0.2) is 0 Å². The second-order valence-electron chi connectivity index (χ2n) is 6.25. The van der Waals surface area contributed by atoms with Crippen LogP contribution in [0.1, 0.15) is 49.3 Å². The first kappa shape index (κ1) is 10.9. The number of hydrogen-bond donors (Lipinski definition) is 1. The molecule has 2 fully saturated rings. The van der Waals surface area contributed by atoms with E-state index < -0.39 is 0 Å². The first-order valence-electron chi connectivity index (χ1n) is 7.27. The van der Waals surface area contributed by atoms with Gasteiger partial charge >= 0.3 is 0 Å². The van der Waals surface area contributed by atoms with Crippen LogP contribution in [0.5, 0.6) is 5.75 Å². The van der Waals surface area contributed by atoms with Crippen molar-refractivity contribution in [3.63, 3.8) is 0 Å². The second kappa shape index (κ2) is 3.99. The topological polar surface area (TPSA) is 29.5 Å². The zero-order chi connectivity index (χ0) is 12.1. The van der Waals surface area contributed by atoms with Crippen LogP contribution in [0.3, 0.4) is 0 Å². The highest BCUT2D eigenvalue weighted by atomic mass is 16.5. The number of aryl methyl sites for hydroxylation is 1. The largest absolute Gasteiger partial charge is 0.490 e. The van der Waals surface area contributed by atoms with Crippen LogP contribution in [-0.4, -0.2) is 11.2 Å². The van der Waals surface area contributed by atoms with Crippen LogP contribution in [0.15, 0.2) is 18.2 Å². The third-order valence-electron chi connectivity index (χ3n) is 5.12. The summed E-state index contributed by atoms with van der Waals surface area (Å²) in [5, 5.41) is 9.80. The van der Waals surface area contributed by atoms with Gasteiger partial charge in [0.1, 0.15) is 11.9 Å². The number of benzene rings is 1. The van der Waals surface area contributed by atoms with Gasteiger partial charge in [0.2, 0.25) is 0 Å². The van der Waals surface area contributed by atoms with Crippen molar-refractivity contribution < 1.29 is 9.84 Å². The highest BCUT2D eigenvalue weighted by Gasteiger charge is 2.41. The lowest BCUT2D eigenvalue weighted by molar-refractivity contribution is 0.138.